The largest absolute Gasteiger partial charge is 1.00 e. The average Bonchev–Trinajstić information content (AvgIpc) is 2.14. The van der Waals surface area contributed by atoms with Crippen molar-refractivity contribution in [1.82, 2.24) is 0 Å². The quantitative estimate of drug-likeness (QED) is 0.290. The van der Waals surface area contributed by atoms with Crippen LogP contribution >= 0.6 is 0 Å². The molecule has 0 saturated heterocycles. The van der Waals surface area contributed by atoms with Gasteiger partial charge in [-0.05, 0) is 6.42 Å². The van der Waals surface area contributed by atoms with E-state index in [0.29, 0.717) is 6.42 Å². The van der Waals surface area contributed by atoms with Crippen molar-refractivity contribution in [2.24, 2.45) is 0 Å². The molecule has 0 bridgehead atoms. The van der Waals surface area contributed by atoms with Crippen molar-refractivity contribution in [2.75, 3.05) is 6.61 Å². The zero-order valence-corrected chi connectivity index (χ0v) is 22.9. The third kappa shape index (κ3) is 29.0. The van der Waals surface area contributed by atoms with Crippen LogP contribution in [0.1, 0.15) is 58.3 Å². The Morgan fingerprint density at radius 3 is 1.50 bits per heavy atom. The molecule has 0 fully saturated rings. The summed E-state index contributed by atoms with van der Waals surface area (Å²) in [6, 6.07) is 0. The van der Waals surface area contributed by atoms with Crippen LogP contribution in [0.5, 0.6) is 0 Å². The first kappa shape index (κ1) is 30.8. The third-order valence-electron chi connectivity index (χ3n) is 2.28. The maximum atomic E-state index is 10.1. The van der Waals surface area contributed by atoms with Gasteiger partial charge in [0.15, 0.2) is 0 Å². The van der Waals surface area contributed by atoms with Crippen molar-refractivity contribution in [1.29, 1.82) is 0 Å². The summed E-state index contributed by atoms with van der Waals surface area (Å²) in [5.74, 6) is 0. The van der Waals surface area contributed by atoms with Crippen LogP contribution in [0.3, 0.4) is 0 Å². The standard InChI is InChI=1S/C10H21O4Si.3K/c1-2-3-4-5-6-7-8-9-10-14-15(11,12)13;;;/h2-10H2,1H3;;;/q-3;3*+1. The molecule has 0 unspecified atom stereocenters. The fraction of sp³-hybridized carbons (Fsp3) is 1.00. The van der Waals surface area contributed by atoms with Gasteiger partial charge in [0, 0.05) is 6.61 Å². The normalized spacial score (nSPS) is 10.0. The van der Waals surface area contributed by atoms with Crippen LogP contribution in [0.4, 0.5) is 0 Å². The maximum Gasteiger partial charge on any atom is 1.00 e. The molecule has 0 spiro atoms. The van der Waals surface area contributed by atoms with Crippen molar-refractivity contribution >= 4 is 9.05 Å². The van der Waals surface area contributed by atoms with Crippen molar-refractivity contribution in [3.63, 3.8) is 0 Å². The minimum absolute atomic E-state index is 0. The zero-order chi connectivity index (χ0) is 11.6. The molecule has 18 heavy (non-hydrogen) atoms. The Morgan fingerprint density at radius 1 is 0.722 bits per heavy atom. The summed E-state index contributed by atoms with van der Waals surface area (Å²) in [4.78, 5) is 30.3. The number of rotatable bonds is 10. The topological polar surface area (TPSA) is 78.4 Å². The molecule has 8 heteroatoms. The Morgan fingerprint density at radius 2 is 1.11 bits per heavy atom. The molecule has 0 N–H and O–H groups in total. The van der Waals surface area contributed by atoms with Gasteiger partial charge in [0.05, 0.1) is 0 Å². The molecule has 0 aromatic heterocycles. The molecular formula is C10H21K3O4Si. The predicted octanol–water partition coefficient (Wildman–Crippen LogP) is -9.33. The molecule has 0 aliphatic rings. The van der Waals surface area contributed by atoms with Gasteiger partial charge in [-0.3, -0.25) is 0 Å². The summed E-state index contributed by atoms with van der Waals surface area (Å²) in [7, 11) is -4.99. The van der Waals surface area contributed by atoms with E-state index in [9.17, 15) is 14.4 Å². The van der Waals surface area contributed by atoms with Gasteiger partial charge in [-0.25, -0.2) is 0 Å². The summed E-state index contributed by atoms with van der Waals surface area (Å²) in [6.07, 6.45) is 8.96. The van der Waals surface area contributed by atoms with Crippen LogP contribution in [-0.4, -0.2) is 15.7 Å². The van der Waals surface area contributed by atoms with Crippen LogP contribution in [0.2, 0.25) is 0 Å². The molecule has 0 aliphatic heterocycles. The predicted molar refractivity (Wildman–Crippen MR) is 54.3 cm³/mol. The second-order valence-electron chi connectivity index (χ2n) is 3.82. The van der Waals surface area contributed by atoms with Crippen LogP contribution in [0, 0.1) is 0 Å². The Bertz CT molecular complexity index is 148. The number of hydrogen-bond acceptors (Lipinski definition) is 4. The van der Waals surface area contributed by atoms with Crippen molar-refractivity contribution in [3.05, 3.63) is 0 Å². The molecule has 0 heterocycles. The van der Waals surface area contributed by atoms with Crippen molar-refractivity contribution < 1.29 is 173 Å². The average molecular weight is 351 g/mol. The van der Waals surface area contributed by atoms with Gasteiger partial charge in [0.2, 0.25) is 0 Å². The Balaban J connectivity index is -0.000000327. The van der Waals surface area contributed by atoms with Gasteiger partial charge in [0.1, 0.15) is 0 Å². The minimum Gasteiger partial charge on any atom is -0.861 e. The van der Waals surface area contributed by atoms with Crippen LogP contribution < -0.4 is 169 Å². The summed E-state index contributed by atoms with van der Waals surface area (Å²) < 4.78 is 4.15. The molecule has 92 valence electrons. The van der Waals surface area contributed by atoms with E-state index in [1.165, 1.54) is 32.1 Å². The molecule has 0 radical (unpaired) electrons. The van der Waals surface area contributed by atoms with E-state index in [4.69, 9.17) is 0 Å². The van der Waals surface area contributed by atoms with E-state index < -0.39 is 9.05 Å². The van der Waals surface area contributed by atoms with Crippen molar-refractivity contribution in [3.8, 4) is 0 Å². The van der Waals surface area contributed by atoms with Gasteiger partial charge in [-0.15, -0.1) is 9.05 Å². The van der Waals surface area contributed by atoms with E-state index in [1.54, 1.807) is 0 Å². The summed E-state index contributed by atoms with van der Waals surface area (Å²) >= 11 is 0. The van der Waals surface area contributed by atoms with Gasteiger partial charge >= 0.3 is 154 Å². The first-order chi connectivity index (χ1) is 7.06. The molecule has 4 nitrogen and oxygen atoms in total. The maximum absolute atomic E-state index is 10.1. The van der Waals surface area contributed by atoms with Gasteiger partial charge in [-0.1, -0.05) is 51.9 Å². The third-order valence-corrected chi connectivity index (χ3v) is 2.83. The summed E-state index contributed by atoms with van der Waals surface area (Å²) in [6.45, 7) is 2.24. The monoisotopic (exact) mass is 350 g/mol. The second-order valence-corrected chi connectivity index (χ2v) is 5.11. The SMILES string of the molecule is CCCCCCCCCCO[Si]([O-])([O-])[O-].[K+].[K+].[K+]. The second kappa shape index (κ2) is 22.0. The minimum atomic E-state index is -4.99. The van der Waals surface area contributed by atoms with E-state index in [1.807, 2.05) is 0 Å². The fourth-order valence-electron chi connectivity index (χ4n) is 1.43. The first-order valence-electron chi connectivity index (χ1n) is 5.81. The van der Waals surface area contributed by atoms with Crippen LogP contribution in [0.25, 0.3) is 0 Å². The number of unbranched alkanes of at least 4 members (excludes halogenated alkanes) is 7. The van der Waals surface area contributed by atoms with Crippen molar-refractivity contribution in [2.45, 2.75) is 58.3 Å². The first-order valence-corrected chi connectivity index (χ1v) is 7.45. The molecular weight excluding hydrogens is 329 g/mol. The van der Waals surface area contributed by atoms with E-state index in [-0.39, 0.29) is 161 Å². The Hall–Kier alpha value is 4.97. The van der Waals surface area contributed by atoms with E-state index in [2.05, 4.69) is 11.3 Å². The fourth-order valence-corrected chi connectivity index (χ4v) is 1.83. The molecule has 0 aliphatic carbocycles. The molecule has 0 aromatic carbocycles. The molecule has 0 amide bonds. The summed E-state index contributed by atoms with van der Waals surface area (Å²) in [5, 5.41) is 0. The molecule has 0 rings (SSSR count). The zero-order valence-electron chi connectivity index (χ0n) is 12.5. The van der Waals surface area contributed by atoms with Crippen LogP contribution in [0.15, 0.2) is 0 Å². The number of hydrogen-bond donors (Lipinski definition) is 0. The van der Waals surface area contributed by atoms with Gasteiger partial charge in [-0.2, -0.15) is 0 Å². The Kier molecular flexibility index (Phi) is 37.6. The molecule has 0 atom stereocenters. The van der Waals surface area contributed by atoms with E-state index in [0.717, 1.165) is 12.8 Å². The Labute approximate surface area is 240 Å². The summed E-state index contributed by atoms with van der Waals surface area (Å²) in [5.41, 5.74) is 0. The van der Waals surface area contributed by atoms with E-state index >= 15 is 0 Å². The van der Waals surface area contributed by atoms with Gasteiger partial charge in [0.25, 0.3) is 0 Å². The molecule has 0 saturated carbocycles. The smallest absolute Gasteiger partial charge is 0.861 e. The molecule has 0 aromatic rings. The van der Waals surface area contributed by atoms with Gasteiger partial charge < -0.3 is 18.8 Å². The van der Waals surface area contributed by atoms with Crippen LogP contribution in [-0.2, 0) is 4.43 Å².